The van der Waals surface area contributed by atoms with Crippen molar-refractivity contribution in [1.29, 1.82) is 0 Å². The highest BCUT2D eigenvalue weighted by Crippen LogP contribution is 2.25. The van der Waals surface area contributed by atoms with Gasteiger partial charge in [-0.25, -0.2) is 4.39 Å². The number of carbonyl (C=O) groups is 1. The number of benzene rings is 1. The maximum absolute atomic E-state index is 13.9. The van der Waals surface area contributed by atoms with Gasteiger partial charge in [-0.1, -0.05) is 22.9 Å². The van der Waals surface area contributed by atoms with Gasteiger partial charge in [-0.3, -0.25) is 4.79 Å². The van der Waals surface area contributed by atoms with E-state index in [1.807, 2.05) is 6.92 Å². The summed E-state index contributed by atoms with van der Waals surface area (Å²) in [6.45, 7) is 7.14. The fourth-order valence-corrected chi connectivity index (χ4v) is 3.64. The van der Waals surface area contributed by atoms with Crippen molar-refractivity contribution in [3.8, 4) is 0 Å². The fourth-order valence-electron chi connectivity index (χ4n) is 3.23. The van der Waals surface area contributed by atoms with Gasteiger partial charge in [-0.05, 0) is 62.9 Å². The molecule has 0 spiro atoms. The summed E-state index contributed by atoms with van der Waals surface area (Å²) in [4.78, 5) is 14.4. The average Bonchev–Trinajstić information content (AvgIpc) is 2.56. The van der Waals surface area contributed by atoms with Gasteiger partial charge in [0.05, 0.1) is 0 Å². The van der Waals surface area contributed by atoms with E-state index in [0.717, 1.165) is 30.4 Å². The Bertz CT molecular complexity index is 532. The Labute approximate surface area is 146 Å². The molecule has 1 atom stereocenters. The zero-order valence-electron chi connectivity index (χ0n) is 13.9. The van der Waals surface area contributed by atoms with Gasteiger partial charge in [0.25, 0.3) is 0 Å². The Morgan fingerprint density at radius 1 is 1.43 bits per heavy atom. The van der Waals surface area contributed by atoms with Crippen LogP contribution in [0.2, 0.25) is 0 Å². The van der Waals surface area contributed by atoms with E-state index in [1.54, 1.807) is 17.0 Å². The van der Waals surface area contributed by atoms with Crippen LogP contribution in [0.25, 0.3) is 0 Å². The van der Waals surface area contributed by atoms with Gasteiger partial charge >= 0.3 is 0 Å². The molecule has 1 aliphatic rings. The molecule has 1 saturated heterocycles. The molecular formula is C18H26BrFN2O. The molecule has 1 unspecified atom stereocenters. The molecule has 2 rings (SSSR count). The molecule has 3 nitrogen and oxygen atoms in total. The van der Waals surface area contributed by atoms with Crippen LogP contribution in [0.5, 0.6) is 0 Å². The van der Waals surface area contributed by atoms with E-state index in [-0.39, 0.29) is 11.7 Å². The summed E-state index contributed by atoms with van der Waals surface area (Å²) in [6.07, 6.45) is 2.83. The lowest BCUT2D eigenvalue weighted by Crippen LogP contribution is -2.35. The normalized spacial score (nSPS) is 17.0. The predicted molar refractivity (Wildman–Crippen MR) is 94.6 cm³/mol. The third-order valence-electron chi connectivity index (χ3n) is 4.79. The Morgan fingerprint density at radius 3 is 2.78 bits per heavy atom. The number of hydrogen-bond acceptors (Lipinski definition) is 2. The minimum Gasteiger partial charge on any atom is -0.339 e. The third kappa shape index (κ3) is 5.28. The molecule has 1 amide bonds. The molecule has 128 valence electrons. The summed E-state index contributed by atoms with van der Waals surface area (Å²) >= 11 is 3.36. The molecule has 23 heavy (non-hydrogen) atoms. The molecule has 1 N–H and O–H groups in total. The summed E-state index contributed by atoms with van der Waals surface area (Å²) in [7, 11) is 0. The first-order valence-electron chi connectivity index (χ1n) is 8.43. The highest BCUT2D eigenvalue weighted by molar-refractivity contribution is 9.10. The second-order valence-corrected chi connectivity index (χ2v) is 7.33. The lowest BCUT2D eigenvalue weighted by molar-refractivity contribution is -0.133. The molecule has 0 radical (unpaired) electrons. The van der Waals surface area contributed by atoms with Crippen LogP contribution in [-0.4, -0.2) is 30.4 Å². The molecule has 0 aromatic heterocycles. The molecule has 1 aliphatic heterocycles. The van der Waals surface area contributed by atoms with Gasteiger partial charge in [0.15, 0.2) is 0 Å². The summed E-state index contributed by atoms with van der Waals surface area (Å²) < 4.78 is 14.8. The number of carbonyl (C=O) groups excluding carboxylic acids is 1. The highest BCUT2D eigenvalue weighted by Gasteiger charge is 2.24. The minimum absolute atomic E-state index is 0.123. The van der Waals surface area contributed by atoms with Crippen LogP contribution in [0.4, 0.5) is 4.39 Å². The van der Waals surface area contributed by atoms with Crippen molar-refractivity contribution >= 4 is 21.8 Å². The van der Waals surface area contributed by atoms with Crippen LogP contribution >= 0.6 is 15.9 Å². The van der Waals surface area contributed by atoms with Crippen molar-refractivity contribution in [3.63, 3.8) is 0 Å². The van der Waals surface area contributed by atoms with Crippen LogP contribution in [0.15, 0.2) is 22.7 Å². The number of nitrogens with zero attached hydrogens (tertiary/aromatic N) is 1. The summed E-state index contributed by atoms with van der Waals surface area (Å²) in [5.74, 6) is 0.858. The molecule has 1 heterocycles. The lowest BCUT2D eigenvalue weighted by atomic mass is 9.84. The molecule has 5 heteroatoms. The molecule has 1 aromatic carbocycles. The zero-order valence-corrected chi connectivity index (χ0v) is 15.5. The van der Waals surface area contributed by atoms with Gasteiger partial charge in [-0.15, -0.1) is 0 Å². The van der Waals surface area contributed by atoms with Gasteiger partial charge < -0.3 is 10.2 Å². The molecule has 0 bridgehead atoms. The van der Waals surface area contributed by atoms with E-state index >= 15 is 0 Å². The van der Waals surface area contributed by atoms with Crippen LogP contribution < -0.4 is 5.32 Å². The van der Waals surface area contributed by atoms with Crippen molar-refractivity contribution in [2.24, 2.45) is 11.8 Å². The average molecular weight is 385 g/mol. The standard InChI is InChI=1S/C18H26BrFN2O/c1-3-22(12-15-11-16(19)4-5-17(15)20)18(23)10-13(2)14-6-8-21-9-7-14/h4-5,11,13-14,21H,3,6-10,12H2,1-2H3. The van der Waals surface area contributed by atoms with Crippen molar-refractivity contribution in [2.45, 2.75) is 39.7 Å². The van der Waals surface area contributed by atoms with E-state index < -0.39 is 0 Å². The van der Waals surface area contributed by atoms with Crippen LogP contribution in [0.3, 0.4) is 0 Å². The lowest BCUT2D eigenvalue weighted by Gasteiger charge is -2.30. The van der Waals surface area contributed by atoms with Crippen LogP contribution in [-0.2, 0) is 11.3 Å². The maximum Gasteiger partial charge on any atom is 0.223 e. The Morgan fingerprint density at radius 2 is 2.13 bits per heavy atom. The second-order valence-electron chi connectivity index (χ2n) is 6.41. The van der Waals surface area contributed by atoms with Crippen LogP contribution in [0.1, 0.15) is 38.7 Å². The summed E-state index contributed by atoms with van der Waals surface area (Å²) in [5.41, 5.74) is 0.559. The van der Waals surface area contributed by atoms with Crippen molar-refractivity contribution in [2.75, 3.05) is 19.6 Å². The fraction of sp³-hybridized carbons (Fsp3) is 0.611. The van der Waals surface area contributed by atoms with E-state index in [1.165, 1.54) is 6.07 Å². The Hall–Kier alpha value is -0.940. The quantitative estimate of drug-likeness (QED) is 0.804. The number of rotatable bonds is 6. The van der Waals surface area contributed by atoms with E-state index in [9.17, 15) is 9.18 Å². The molecule has 1 aromatic rings. The first-order chi connectivity index (χ1) is 11.0. The monoisotopic (exact) mass is 384 g/mol. The Balaban J connectivity index is 1.96. The smallest absolute Gasteiger partial charge is 0.223 e. The van der Waals surface area contributed by atoms with Gasteiger partial charge in [0, 0.05) is 29.5 Å². The zero-order chi connectivity index (χ0) is 16.8. The topological polar surface area (TPSA) is 32.3 Å². The number of amides is 1. The predicted octanol–water partition coefficient (Wildman–Crippen LogP) is 3.96. The van der Waals surface area contributed by atoms with Gasteiger partial charge in [0.2, 0.25) is 5.91 Å². The van der Waals surface area contributed by atoms with Gasteiger partial charge in [0.1, 0.15) is 5.82 Å². The summed E-state index contributed by atoms with van der Waals surface area (Å²) in [5, 5.41) is 3.36. The number of hydrogen-bond donors (Lipinski definition) is 1. The summed E-state index contributed by atoms with van der Waals surface area (Å²) in [6, 6.07) is 4.87. The minimum atomic E-state index is -0.258. The van der Waals surface area contributed by atoms with E-state index in [0.29, 0.717) is 36.9 Å². The van der Waals surface area contributed by atoms with Crippen LogP contribution in [0, 0.1) is 17.7 Å². The number of nitrogens with one attached hydrogen (secondary N) is 1. The number of piperidine rings is 1. The van der Waals surface area contributed by atoms with Gasteiger partial charge in [-0.2, -0.15) is 0 Å². The second kappa shape index (κ2) is 8.78. The molecular weight excluding hydrogens is 359 g/mol. The third-order valence-corrected chi connectivity index (χ3v) is 5.28. The SMILES string of the molecule is CCN(Cc1cc(Br)ccc1F)C(=O)CC(C)C1CCNCC1. The highest BCUT2D eigenvalue weighted by atomic mass is 79.9. The maximum atomic E-state index is 13.9. The Kier molecular flexibility index (Phi) is 7.03. The first-order valence-corrected chi connectivity index (χ1v) is 9.23. The largest absolute Gasteiger partial charge is 0.339 e. The first kappa shape index (κ1) is 18.4. The van der Waals surface area contributed by atoms with Crippen molar-refractivity contribution < 1.29 is 9.18 Å². The van der Waals surface area contributed by atoms with Crippen molar-refractivity contribution in [3.05, 3.63) is 34.1 Å². The molecule has 0 aliphatic carbocycles. The molecule has 1 fully saturated rings. The van der Waals surface area contributed by atoms with E-state index in [4.69, 9.17) is 0 Å². The van der Waals surface area contributed by atoms with Crippen molar-refractivity contribution in [1.82, 2.24) is 10.2 Å². The molecule has 0 saturated carbocycles. The number of halogens is 2. The van der Waals surface area contributed by atoms with E-state index in [2.05, 4.69) is 28.2 Å².